The number of anilines is 1. The lowest BCUT2D eigenvalue weighted by molar-refractivity contribution is 0.0499. The summed E-state index contributed by atoms with van der Waals surface area (Å²) < 4.78 is 5.16. The molecule has 2 aromatic carbocycles. The number of amides is 1. The van der Waals surface area contributed by atoms with Crippen LogP contribution in [0.15, 0.2) is 54.6 Å². The number of nitrogens with one attached hydrogen (secondary N) is 1. The average molecular weight is 297 g/mol. The molecule has 1 amide bonds. The highest BCUT2D eigenvalue weighted by atomic mass is 16.5. The summed E-state index contributed by atoms with van der Waals surface area (Å²) in [5, 5.41) is 2.77. The zero-order valence-electron chi connectivity index (χ0n) is 12.5. The molecular formula is C18H19NO3. The van der Waals surface area contributed by atoms with E-state index in [1.54, 1.807) is 48.5 Å². The van der Waals surface area contributed by atoms with Crippen molar-refractivity contribution in [3.63, 3.8) is 0 Å². The molecule has 0 bridgehead atoms. The van der Waals surface area contributed by atoms with Crippen LogP contribution in [0.1, 0.15) is 40.5 Å². The van der Waals surface area contributed by atoms with Gasteiger partial charge in [-0.15, -0.1) is 0 Å². The van der Waals surface area contributed by atoms with E-state index < -0.39 is 0 Å². The fraction of sp³-hybridized carbons (Fsp3) is 0.222. The third-order valence-electron chi connectivity index (χ3n) is 3.12. The molecule has 0 fully saturated rings. The Morgan fingerprint density at radius 1 is 1.00 bits per heavy atom. The van der Waals surface area contributed by atoms with Crippen molar-refractivity contribution in [3.05, 3.63) is 65.7 Å². The van der Waals surface area contributed by atoms with Crippen molar-refractivity contribution in [1.29, 1.82) is 0 Å². The van der Waals surface area contributed by atoms with E-state index in [0.29, 0.717) is 23.4 Å². The predicted molar refractivity (Wildman–Crippen MR) is 86.0 cm³/mol. The minimum atomic E-state index is -0.371. The van der Waals surface area contributed by atoms with Gasteiger partial charge in [-0.2, -0.15) is 0 Å². The summed E-state index contributed by atoms with van der Waals surface area (Å²) in [6.07, 6.45) is 1.82. The predicted octanol–water partition coefficient (Wildman–Crippen LogP) is 3.90. The Bertz CT molecular complexity index is 638. The molecular weight excluding hydrogens is 278 g/mol. The highest BCUT2D eigenvalue weighted by Crippen LogP contribution is 2.13. The summed E-state index contributed by atoms with van der Waals surface area (Å²) in [5.41, 5.74) is 1.57. The third kappa shape index (κ3) is 4.45. The van der Waals surface area contributed by atoms with Crippen molar-refractivity contribution < 1.29 is 14.3 Å². The van der Waals surface area contributed by atoms with E-state index in [4.69, 9.17) is 4.74 Å². The number of benzene rings is 2. The minimum absolute atomic E-state index is 0.211. The fourth-order valence-electron chi connectivity index (χ4n) is 1.91. The largest absolute Gasteiger partial charge is 0.462 e. The van der Waals surface area contributed by atoms with Crippen molar-refractivity contribution in [2.24, 2.45) is 0 Å². The van der Waals surface area contributed by atoms with E-state index in [9.17, 15) is 9.59 Å². The van der Waals surface area contributed by atoms with Gasteiger partial charge in [-0.1, -0.05) is 37.6 Å². The summed E-state index contributed by atoms with van der Waals surface area (Å²) in [5.74, 6) is -0.582. The number of rotatable bonds is 6. The maximum absolute atomic E-state index is 12.1. The van der Waals surface area contributed by atoms with Gasteiger partial charge in [0.15, 0.2) is 0 Å². The summed E-state index contributed by atoms with van der Waals surface area (Å²) in [6, 6.07) is 15.7. The van der Waals surface area contributed by atoms with E-state index in [2.05, 4.69) is 5.32 Å². The Morgan fingerprint density at radius 2 is 1.73 bits per heavy atom. The molecule has 0 aliphatic carbocycles. The van der Waals surface area contributed by atoms with Crippen molar-refractivity contribution in [2.75, 3.05) is 11.9 Å². The maximum Gasteiger partial charge on any atom is 0.338 e. The molecule has 22 heavy (non-hydrogen) atoms. The number of carbonyl (C=O) groups excluding carboxylic acids is 2. The lowest BCUT2D eigenvalue weighted by atomic mass is 10.1. The third-order valence-corrected chi connectivity index (χ3v) is 3.12. The number of carbonyl (C=O) groups is 2. The highest BCUT2D eigenvalue weighted by Gasteiger charge is 2.09. The molecule has 0 saturated carbocycles. The summed E-state index contributed by atoms with van der Waals surface area (Å²) in [7, 11) is 0. The summed E-state index contributed by atoms with van der Waals surface area (Å²) >= 11 is 0. The van der Waals surface area contributed by atoms with Gasteiger partial charge >= 0.3 is 5.97 Å². The number of esters is 1. The number of ether oxygens (including phenoxy) is 1. The molecule has 0 heterocycles. The topological polar surface area (TPSA) is 55.4 Å². The standard InChI is InChI=1S/C18H19NO3/c1-2-3-12-22-18(21)15-10-7-11-16(13-15)19-17(20)14-8-5-4-6-9-14/h4-11,13H,2-3,12H2,1H3,(H,19,20). The monoisotopic (exact) mass is 297 g/mol. The Labute approximate surface area is 130 Å². The van der Waals surface area contributed by atoms with Crippen LogP contribution in [0.4, 0.5) is 5.69 Å². The van der Waals surface area contributed by atoms with E-state index in [1.165, 1.54) is 0 Å². The van der Waals surface area contributed by atoms with E-state index in [0.717, 1.165) is 12.8 Å². The quantitative estimate of drug-likeness (QED) is 0.650. The first-order valence-corrected chi connectivity index (χ1v) is 7.34. The van der Waals surface area contributed by atoms with Gasteiger partial charge in [0, 0.05) is 11.3 Å². The molecule has 0 unspecified atom stereocenters. The van der Waals surface area contributed by atoms with Crippen LogP contribution in [0.25, 0.3) is 0 Å². The van der Waals surface area contributed by atoms with Crippen molar-refractivity contribution in [1.82, 2.24) is 0 Å². The lowest BCUT2D eigenvalue weighted by Gasteiger charge is -2.08. The van der Waals surface area contributed by atoms with Gasteiger partial charge in [0.2, 0.25) is 0 Å². The van der Waals surface area contributed by atoms with Gasteiger partial charge in [0.25, 0.3) is 5.91 Å². The molecule has 2 rings (SSSR count). The van der Waals surface area contributed by atoms with Crippen molar-refractivity contribution in [3.8, 4) is 0 Å². The average Bonchev–Trinajstić information content (AvgIpc) is 2.56. The van der Waals surface area contributed by atoms with Crippen LogP contribution in [0, 0.1) is 0 Å². The first-order valence-electron chi connectivity index (χ1n) is 7.34. The van der Waals surface area contributed by atoms with Crippen LogP contribution in [0.3, 0.4) is 0 Å². The van der Waals surface area contributed by atoms with Gasteiger partial charge in [-0.3, -0.25) is 4.79 Å². The summed E-state index contributed by atoms with van der Waals surface area (Å²) in [6.45, 7) is 2.45. The van der Waals surface area contributed by atoms with Crippen LogP contribution < -0.4 is 5.32 Å². The molecule has 0 aliphatic heterocycles. The molecule has 1 N–H and O–H groups in total. The molecule has 0 aliphatic rings. The number of hydrogen-bond donors (Lipinski definition) is 1. The van der Waals surface area contributed by atoms with Gasteiger partial charge in [-0.25, -0.2) is 4.79 Å². The molecule has 0 radical (unpaired) electrons. The van der Waals surface area contributed by atoms with Crippen LogP contribution in [0.2, 0.25) is 0 Å². The van der Waals surface area contributed by atoms with Crippen molar-refractivity contribution >= 4 is 17.6 Å². The second-order valence-corrected chi connectivity index (χ2v) is 4.89. The Balaban J connectivity index is 2.02. The minimum Gasteiger partial charge on any atom is -0.462 e. The molecule has 0 atom stereocenters. The van der Waals surface area contributed by atoms with Crippen LogP contribution in [0.5, 0.6) is 0 Å². The first-order chi connectivity index (χ1) is 10.7. The lowest BCUT2D eigenvalue weighted by Crippen LogP contribution is -2.12. The van der Waals surface area contributed by atoms with Gasteiger partial charge in [-0.05, 0) is 36.8 Å². The second kappa shape index (κ2) is 7.98. The second-order valence-electron chi connectivity index (χ2n) is 4.89. The Morgan fingerprint density at radius 3 is 2.45 bits per heavy atom. The van der Waals surface area contributed by atoms with Gasteiger partial charge < -0.3 is 10.1 Å². The van der Waals surface area contributed by atoms with E-state index in [-0.39, 0.29) is 11.9 Å². The van der Waals surface area contributed by atoms with Gasteiger partial charge in [0.1, 0.15) is 0 Å². The molecule has 0 saturated heterocycles. The highest BCUT2D eigenvalue weighted by molar-refractivity contribution is 6.04. The van der Waals surface area contributed by atoms with Crippen LogP contribution in [-0.4, -0.2) is 18.5 Å². The smallest absolute Gasteiger partial charge is 0.338 e. The van der Waals surface area contributed by atoms with Crippen LogP contribution in [-0.2, 0) is 4.74 Å². The molecule has 0 spiro atoms. The Kier molecular flexibility index (Phi) is 5.72. The summed E-state index contributed by atoms with van der Waals surface area (Å²) in [4.78, 5) is 24.0. The molecule has 0 aromatic heterocycles. The maximum atomic E-state index is 12.1. The van der Waals surface area contributed by atoms with Crippen LogP contribution >= 0.6 is 0 Å². The van der Waals surface area contributed by atoms with Crippen molar-refractivity contribution in [2.45, 2.75) is 19.8 Å². The normalized spacial score (nSPS) is 10.0. The number of hydrogen-bond acceptors (Lipinski definition) is 3. The fourth-order valence-corrected chi connectivity index (χ4v) is 1.91. The Hall–Kier alpha value is -2.62. The molecule has 4 heteroatoms. The number of unbranched alkanes of at least 4 members (excludes halogenated alkanes) is 1. The molecule has 114 valence electrons. The SMILES string of the molecule is CCCCOC(=O)c1cccc(NC(=O)c2ccccc2)c1. The zero-order chi connectivity index (χ0) is 15.8. The molecule has 4 nitrogen and oxygen atoms in total. The van der Waals surface area contributed by atoms with E-state index in [1.807, 2.05) is 13.0 Å². The zero-order valence-corrected chi connectivity index (χ0v) is 12.5. The van der Waals surface area contributed by atoms with E-state index >= 15 is 0 Å². The molecule has 2 aromatic rings. The van der Waals surface area contributed by atoms with Gasteiger partial charge in [0.05, 0.1) is 12.2 Å². The first kappa shape index (κ1) is 15.8.